The molecule has 3 rings (SSSR count). The molecule has 2 heterocycles. The lowest BCUT2D eigenvalue weighted by molar-refractivity contribution is 0.0947. The van der Waals surface area contributed by atoms with E-state index in [1.54, 1.807) is 24.4 Å². The maximum Gasteiger partial charge on any atom is 0.269 e. The number of carbonyl (C=O) groups is 1. The molecule has 0 aliphatic rings. The molecule has 6 nitrogen and oxygen atoms in total. The molecule has 3 aromatic rings. The van der Waals surface area contributed by atoms with Gasteiger partial charge in [-0.05, 0) is 37.6 Å². The summed E-state index contributed by atoms with van der Waals surface area (Å²) in [5, 5.41) is 14.7. The summed E-state index contributed by atoms with van der Waals surface area (Å²) >= 11 is 5.87. The topological polar surface area (TPSA) is 75.6 Å². The minimum absolute atomic E-state index is 0.167. The minimum atomic E-state index is -0.167. The lowest BCUT2D eigenvalue weighted by Gasteiger charge is -2.05. The van der Waals surface area contributed by atoms with Crippen molar-refractivity contribution in [3.8, 4) is 11.3 Å². The minimum Gasteiger partial charge on any atom is -0.351 e. The first-order valence-electron chi connectivity index (χ1n) is 7.71. The summed E-state index contributed by atoms with van der Waals surface area (Å²) < 4.78 is 1.92. The van der Waals surface area contributed by atoms with Crippen LogP contribution < -0.4 is 5.32 Å². The van der Waals surface area contributed by atoms with E-state index in [0.29, 0.717) is 23.0 Å². The van der Waals surface area contributed by atoms with Gasteiger partial charge in [0.15, 0.2) is 0 Å². The van der Waals surface area contributed by atoms with Crippen LogP contribution in [0, 0.1) is 6.92 Å². The second-order valence-corrected chi connectivity index (χ2v) is 5.92. The second-order valence-electron chi connectivity index (χ2n) is 5.48. The zero-order valence-electron chi connectivity index (χ0n) is 13.3. The number of hydrogen-bond acceptors (Lipinski definition) is 3. The lowest BCUT2D eigenvalue weighted by atomic mass is 10.1. The Kier molecular flexibility index (Phi) is 4.96. The maximum atomic E-state index is 12.1. The summed E-state index contributed by atoms with van der Waals surface area (Å²) in [6, 6.07) is 11.0. The zero-order valence-corrected chi connectivity index (χ0v) is 14.0. The molecule has 124 valence electrons. The van der Waals surface area contributed by atoms with Crippen molar-refractivity contribution < 1.29 is 4.79 Å². The Bertz CT molecular complexity index is 822. The molecular formula is C17H18ClN5O. The van der Waals surface area contributed by atoms with Gasteiger partial charge in [0, 0.05) is 35.6 Å². The van der Waals surface area contributed by atoms with Crippen molar-refractivity contribution >= 4 is 17.5 Å². The smallest absolute Gasteiger partial charge is 0.269 e. The largest absolute Gasteiger partial charge is 0.351 e. The third-order valence-electron chi connectivity index (χ3n) is 3.72. The van der Waals surface area contributed by atoms with Gasteiger partial charge < -0.3 is 5.32 Å². The Hall–Kier alpha value is -2.60. The number of carbonyl (C=O) groups excluding carboxylic acids is 1. The van der Waals surface area contributed by atoms with Gasteiger partial charge in [-0.2, -0.15) is 10.2 Å². The van der Waals surface area contributed by atoms with Crippen molar-refractivity contribution in [3.63, 3.8) is 0 Å². The van der Waals surface area contributed by atoms with Crippen molar-refractivity contribution in [2.45, 2.75) is 19.9 Å². The van der Waals surface area contributed by atoms with Crippen LogP contribution in [-0.4, -0.2) is 32.4 Å². The van der Waals surface area contributed by atoms with Crippen molar-refractivity contribution in [2.24, 2.45) is 0 Å². The average Bonchev–Trinajstić information content (AvgIpc) is 3.22. The fourth-order valence-corrected chi connectivity index (χ4v) is 2.49. The number of benzene rings is 1. The zero-order chi connectivity index (χ0) is 16.9. The molecule has 2 N–H and O–H groups in total. The van der Waals surface area contributed by atoms with Gasteiger partial charge in [0.1, 0.15) is 5.69 Å². The predicted octanol–water partition coefficient (Wildman–Crippen LogP) is 3.06. The molecule has 0 aliphatic carbocycles. The van der Waals surface area contributed by atoms with Crippen LogP contribution in [0.25, 0.3) is 11.3 Å². The summed E-state index contributed by atoms with van der Waals surface area (Å²) in [4.78, 5) is 12.1. The number of aromatic nitrogens is 4. The van der Waals surface area contributed by atoms with E-state index in [1.807, 2.05) is 29.8 Å². The van der Waals surface area contributed by atoms with Crippen LogP contribution in [-0.2, 0) is 6.54 Å². The number of rotatable bonds is 6. The van der Waals surface area contributed by atoms with Crippen molar-refractivity contribution in [2.75, 3.05) is 6.54 Å². The van der Waals surface area contributed by atoms with E-state index in [4.69, 9.17) is 11.6 Å². The Morgan fingerprint density at radius 1 is 1.29 bits per heavy atom. The maximum absolute atomic E-state index is 12.1. The molecule has 1 aromatic carbocycles. The van der Waals surface area contributed by atoms with E-state index in [9.17, 15) is 4.79 Å². The number of aryl methyl sites for hydroxylation is 2. The van der Waals surface area contributed by atoms with E-state index < -0.39 is 0 Å². The highest BCUT2D eigenvalue weighted by Crippen LogP contribution is 2.20. The second kappa shape index (κ2) is 7.31. The van der Waals surface area contributed by atoms with Crippen LogP contribution in [0.1, 0.15) is 22.6 Å². The molecular weight excluding hydrogens is 326 g/mol. The van der Waals surface area contributed by atoms with Gasteiger partial charge in [-0.1, -0.05) is 23.7 Å². The van der Waals surface area contributed by atoms with Crippen LogP contribution in [0.4, 0.5) is 0 Å². The number of hydrogen-bond donors (Lipinski definition) is 2. The molecule has 0 aliphatic heterocycles. The highest BCUT2D eigenvalue weighted by atomic mass is 35.5. The van der Waals surface area contributed by atoms with E-state index in [0.717, 1.165) is 24.2 Å². The number of nitrogens with one attached hydrogen (secondary N) is 2. The molecule has 1 amide bonds. The van der Waals surface area contributed by atoms with Gasteiger partial charge in [-0.25, -0.2) is 0 Å². The Balaban J connectivity index is 1.52. The predicted molar refractivity (Wildman–Crippen MR) is 92.9 cm³/mol. The average molecular weight is 344 g/mol. The van der Waals surface area contributed by atoms with E-state index >= 15 is 0 Å². The molecule has 7 heteroatoms. The molecule has 0 spiro atoms. The highest BCUT2D eigenvalue weighted by Gasteiger charge is 2.10. The monoisotopic (exact) mass is 343 g/mol. The molecule has 0 fully saturated rings. The number of halogens is 1. The van der Waals surface area contributed by atoms with Gasteiger partial charge in [0.2, 0.25) is 0 Å². The van der Waals surface area contributed by atoms with Crippen molar-refractivity contribution in [3.05, 3.63) is 59.0 Å². The van der Waals surface area contributed by atoms with Gasteiger partial charge in [0.05, 0.1) is 5.69 Å². The van der Waals surface area contributed by atoms with Crippen LogP contribution in [0.15, 0.2) is 42.6 Å². The molecule has 0 saturated carbocycles. The molecule has 0 atom stereocenters. The molecule has 0 radical (unpaired) electrons. The Morgan fingerprint density at radius 3 is 2.79 bits per heavy atom. The third-order valence-corrected chi connectivity index (χ3v) is 3.98. The molecule has 24 heavy (non-hydrogen) atoms. The molecule has 0 bridgehead atoms. The molecule has 0 unspecified atom stereocenters. The highest BCUT2D eigenvalue weighted by molar-refractivity contribution is 6.30. The summed E-state index contributed by atoms with van der Waals surface area (Å²) in [7, 11) is 0. The first-order valence-corrected chi connectivity index (χ1v) is 8.09. The standard InChI is InChI=1S/C17H18ClN5O/c1-12-7-9-20-23(12)10-2-8-19-17(24)16-11-15(21-22-16)13-3-5-14(18)6-4-13/h3-7,9,11H,2,8,10H2,1H3,(H,19,24)(H,21,22). The van der Waals surface area contributed by atoms with Crippen LogP contribution in [0.2, 0.25) is 5.02 Å². The lowest BCUT2D eigenvalue weighted by Crippen LogP contribution is -2.25. The van der Waals surface area contributed by atoms with Crippen LogP contribution in [0.5, 0.6) is 0 Å². The Morgan fingerprint density at radius 2 is 2.08 bits per heavy atom. The van der Waals surface area contributed by atoms with Gasteiger partial charge in [-0.15, -0.1) is 0 Å². The number of aromatic amines is 1. The number of H-pyrrole nitrogens is 1. The SMILES string of the molecule is Cc1ccnn1CCCNC(=O)c1cc(-c2ccc(Cl)cc2)n[nH]1. The first-order chi connectivity index (χ1) is 11.6. The fraction of sp³-hybridized carbons (Fsp3) is 0.235. The van der Waals surface area contributed by atoms with E-state index in [2.05, 4.69) is 20.6 Å². The van der Waals surface area contributed by atoms with Crippen molar-refractivity contribution in [1.82, 2.24) is 25.3 Å². The van der Waals surface area contributed by atoms with E-state index in [1.165, 1.54) is 0 Å². The quantitative estimate of drug-likeness (QED) is 0.675. The third kappa shape index (κ3) is 3.83. The molecule has 0 saturated heterocycles. The van der Waals surface area contributed by atoms with Crippen molar-refractivity contribution in [1.29, 1.82) is 0 Å². The van der Waals surface area contributed by atoms with Crippen LogP contribution >= 0.6 is 11.6 Å². The summed E-state index contributed by atoms with van der Waals surface area (Å²) in [5.74, 6) is -0.167. The fourth-order valence-electron chi connectivity index (χ4n) is 2.37. The van der Waals surface area contributed by atoms with Gasteiger partial charge in [-0.3, -0.25) is 14.6 Å². The molecule has 2 aromatic heterocycles. The van der Waals surface area contributed by atoms with E-state index in [-0.39, 0.29) is 5.91 Å². The van der Waals surface area contributed by atoms with Gasteiger partial charge in [0.25, 0.3) is 5.91 Å². The van der Waals surface area contributed by atoms with Crippen LogP contribution in [0.3, 0.4) is 0 Å². The number of nitrogens with zero attached hydrogens (tertiary/aromatic N) is 3. The Labute approximate surface area is 144 Å². The first kappa shape index (κ1) is 16.3. The summed E-state index contributed by atoms with van der Waals surface area (Å²) in [6.07, 6.45) is 2.59. The van der Waals surface area contributed by atoms with Gasteiger partial charge >= 0.3 is 0 Å². The summed E-state index contributed by atoms with van der Waals surface area (Å²) in [5.41, 5.74) is 3.17. The number of amides is 1. The normalized spacial score (nSPS) is 10.8. The summed E-state index contributed by atoms with van der Waals surface area (Å²) in [6.45, 7) is 3.36.